The smallest absolute Gasteiger partial charge is 0.341 e. The van der Waals surface area contributed by atoms with Crippen LogP contribution in [-0.4, -0.2) is 22.2 Å². The summed E-state index contributed by atoms with van der Waals surface area (Å²) in [6.45, 7) is 1.50. The number of aromatic carboxylic acids is 2. The molecule has 1 heterocycles. The van der Waals surface area contributed by atoms with Crippen LogP contribution < -0.4 is 5.11 Å². The summed E-state index contributed by atoms with van der Waals surface area (Å²) in [5.41, 5.74) is 0.617. The zero-order chi connectivity index (χ0) is 13.3. The van der Waals surface area contributed by atoms with Gasteiger partial charge in [0, 0.05) is 5.56 Å². The Morgan fingerprint density at radius 1 is 1.28 bits per heavy atom. The number of hydrogen-bond donors (Lipinski definition) is 1. The van der Waals surface area contributed by atoms with E-state index < -0.39 is 11.9 Å². The molecule has 0 saturated carbocycles. The van der Waals surface area contributed by atoms with E-state index >= 15 is 0 Å². The molecule has 18 heavy (non-hydrogen) atoms. The van der Waals surface area contributed by atoms with Gasteiger partial charge >= 0.3 is 5.97 Å². The molecule has 0 unspecified atom stereocenters. The van der Waals surface area contributed by atoms with E-state index in [4.69, 9.17) is 9.63 Å². The number of aromatic nitrogens is 1. The standard InChI is InChI=1S/C12H9NO5/c1-6-9(12(16)17)10(13-18-6)7-2-4-8(5-3-7)11(14)15/h2-5H,1H3,(H,14,15)(H,16,17)/p-1. The summed E-state index contributed by atoms with van der Waals surface area (Å²) in [6, 6.07) is 5.55. The minimum atomic E-state index is -1.30. The van der Waals surface area contributed by atoms with Gasteiger partial charge in [-0.05, 0) is 12.5 Å². The molecule has 0 aliphatic heterocycles. The Kier molecular flexibility index (Phi) is 2.85. The molecule has 0 saturated heterocycles. The van der Waals surface area contributed by atoms with Gasteiger partial charge in [-0.3, -0.25) is 0 Å². The van der Waals surface area contributed by atoms with Crippen LogP contribution in [0.5, 0.6) is 0 Å². The highest BCUT2D eigenvalue weighted by Gasteiger charge is 2.20. The number of benzene rings is 1. The molecule has 1 N–H and O–H groups in total. The van der Waals surface area contributed by atoms with Crippen LogP contribution in [0.2, 0.25) is 0 Å². The van der Waals surface area contributed by atoms with Crippen molar-refractivity contribution in [3.05, 3.63) is 41.2 Å². The van der Waals surface area contributed by atoms with E-state index in [1.807, 2.05) is 0 Å². The number of rotatable bonds is 3. The largest absolute Gasteiger partial charge is 0.545 e. The number of aryl methyl sites for hydroxylation is 1. The summed E-state index contributed by atoms with van der Waals surface area (Å²) in [6.07, 6.45) is 0. The van der Waals surface area contributed by atoms with Gasteiger partial charge < -0.3 is 19.5 Å². The molecule has 2 rings (SSSR count). The fourth-order valence-corrected chi connectivity index (χ4v) is 1.59. The first kappa shape index (κ1) is 11.8. The van der Waals surface area contributed by atoms with Crippen molar-refractivity contribution in [2.75, 3.05) is 0 Å². The van der Waals surface area contributed by atoms with Crippen molar-refractivity contribution in [2.24, 2.45) is 0 Å². The molecule has 0 atom stereocenters. The van der Waals surface area contributed by atoms with Gasteiger partial charge in [0.25, 0.3) is 0 Å². The topological polar surface area (TPSA) is 103 Å². The molecule has 0 aliphatic carbocycles. The molecule has 0 fully saturated rings. The number of carboxylic acids is 2. The maximum Gasteiger partial charge on any atom is 0.341 e. The highest BCUT2D eigenvalue weighted by Crippen LogP contribution is 2.25. The van der Waals surface area contributed by atoms with Crippen molar-refractivity contribution < 1.29 is 24.3 Å². The summed E-state index contributed by atoms with van der Waals surface area (Å²) in [4.78, 5) is 21.6. The maximum absolute atomic E-state index is 11.0. The van der Waals surface area contributed by atoms with Gasteiger partial charge in [0.15, 0.2) is 0 Å². The van der Waals surface area contributed by atoms with E-state index in [1.165, 1.54) is 31.2 Å². The van der Waals surface area contributed by atoms with Crippen LogP contribution in [0.15, 0.2) is 28.8 Å². The molecule has 6 heteroatoms. The van der Waals surface area contributed by atoms with E-state index in [2.05, 4.69) is 5.16 Å². The average Bonchev–Trinajstić information content (AvgIpc) is 2.71. The van der Waals surface area contributed by atoms with Crippen LogP contribution in [-0.2, 0) is 0 Å². The Morgan fingerprint density at radius 3 is 2.39 bits per heavy atom. The predicted octanol–water partition coefficient (Wildman–Crippen LogP) is 0.712. The molecule has 0 radical (unpaired) electrons. The van der Waals surface area contributed by atoms with Crippen LogP contribution >= 0.6 is 0 Å². The summed E-state index contributed by atoms with van der Waals surface area (Å²) in [5.74, 6) is -2.24. The Bertz CT molecular complexity index is 612. The summed E-state index contributed by atoms with van der Waals surface area (Å²) in [5, 5.41) is 23.3. The summed E-state index contributed by atoms with van der Waals surface area (Å²) < 4.78 is 4.83. The van der Waals surface area contributed by atoms with Crippen molar-refractivity contribution >= 4 is 11.9 Å². The van der Waals surface area contributed by atoms with Crippen LogP contribution in [0.25, 0.3) is 11.3 Å². The molecule has 2 aromatic rings. The third-order valence-electron chi connectivity index (χ3n) is 2.47. The fraction of sp³-hybridized carbons (Fsp3) is 0.0833. The quantitative estimate of drug-likeness (QED) is 0.855. The Hall–Kier alpha value is -2.63. The van der Waals surface area contributed by atoms with Crippen molar-refractivity contribution in [3.8, 4) is 11.3 Å². The zero-order valence-corrected chi connectivity index (χ0v) is 9.34. The van der Waals surface area contributed by atoms with Crippen LogP contribution in [0.1, 0.15) is 26.5 Å². The maximum atomic E-state index is 11.0. The van der Waals surface area contributed by atoms with Crippen molar-refractivity contribution in [1.82, 2.24) is 5.16 Å². The number of carbonyl (C=O) groups excluding carboxylic acids is 1. The third kappa shape index (κ3) is 1.95. The molecule has 0 bridgehead atoms. The Labute approximate surface area is 101 Å². The SMILES string of the molecule is Cc1onc(-c2ccc(C(=O)[O-])cc2)c1C(=O)O. The lowest BCUT2D eigenvalue weighted by Gasteiger charge is -2.03. The number of carboxylic acid groups (broad SMARTS) is 2. The van der Waals surface area contributed by atoms with Crippen molar-refractivity contribution in [3.63, 3.8) is 0 Å². The zero-order valence-electron chi connectivity index (χ0n) is 9.34. The predicted molar refractivity (Wildman–Crippen MR) is 58.0 cm³/mol. The first-order chi connectivity index (χ1) is 8.50. The lowest BCUT2D eigenvalue weighted by molar-refractivity contribution is -0.255. The van der Waals surface area contributed by atoms with Crippen molar-refractivity contribution in [2.45, 2.75) is 6.92 Å². The average molecular weight is 246 g/mol. The minimum absolute atomic E-state index is 0.0100. The van der Waals surface area contributed by atoms with E-state index in [9.17, 15) is 14.7 Å². The molecule has 0 amide bonds. The van der Waals surface area contributed by atoms with E-state index in [0.29, 0.717) is 5.56 Å². The van der Waals surface area contributed by atoms with E-state index in [1.54, 1.807) is 0 Å². The lowest BCUT2D eigenvalue weighted by Crippen LogP contribution is -2.21. The molecular formula is C12H8NO5-. The molecule has 1 aromatic heterocycles. The first-order valence-electron chi connectivity index (χ1n) is 5.02. The molecule has 92 valence electrons. The van der Waals surface area contributed by atoms with Gasteiger partial charge in [-0.25, -0.2) is 4.79 Å². The van der Waals surface area contributed by atoms with Gasteiger partial charge in [0.05, 0.1) is 5.97 Å². The van der Waals surface area contributed by atoms with Gasteiger partial charge in [-0.1, -0.05) is 29.4 Å². The van der Waals surface area contributed by atoms with Crippen LogP contribution in [0.3, 0.4) is 0 Å². The van der Waals surface area contributed by atoms with Gasteiger partial charge in [-0.2, -0.15) is 0 Å². The number of hydrogen-bond acceptors (Lipinski definition) is 5. The summed E-state index contributed by atoms with van der Waals surface area (Å²) in [7, 11) is 0. The second-order valence-corrected chi connectivity index (χ2v) is 3.63. The van der Waals surface area contributed by atoms with Crippen LogP contribution in [0, 0.1) is 6.92 Å². The Balaban J connectivity index is 2.49. The molecule has 0 aliphatic rings. The normalized spacial score (nSPS) is 10.3. The minimum Gasteiger partial charge on any atom is -0.545 e. The highest BCUT2D eigenvalue weighted by atomic mass is 16.5. The molecule has 6 nitrogen and oxygen atoms in total. The number of nitrogens with zero attached hydrogens (tertiary/aromatic N) is 1. The second-order valence-electron chi connectivity index (χ2n) is 3.63. The molecule has 1 aromatic carbocycles. The second kappa shape index (κ2) is 4.33. The summed E-state index contributed by atoms with van der Waals surface area (Å²) >= 11 is 0. The van der Waals surface area contributed by atoms with Crippen molar-refractivity contribution in [1.29, 1.82) is 0 Å². The third-order valence-corrected chi connectivity index (χ3v) is 2.47. The van der Waals surface area contributed by atoms with E-state index in [-0.39, 0.29) is 22.6 Å². The van der Waals surface area contributed by atoms with E-state index in [0.717, 1.165) is 0 Å². The highest BCUT2D eigenvalue weighted by molar-refractivity contribution is 5.96. The molecule has 0 spiro atoms. The van der Waals surface area contributed by atoms with Gasteiger partial charge in [-0.15, -0.1) is 0 Å². The number of carbonyl (C=O) groups is 2. The van der Waals surface area contributed by atoms with Crippen LogP contribution in [0.4, 0.5) is 0 Å². The Morgan fingerprint density at radius 2 is 1.89 bits per heavy atom. The van der Waals surface area contributed by atoms with Gasteiger partial charge in [0.1, 0.15) is 17.0 Å². The van der Waals surface area contributed by atoms with Gasteiger partial charge in [0.2, 0.25) is 0 Å². The lowest BCUT2D eigenvalue weighted by atomic mass is 10.0. The molecular weight excluding hydrogens is 238 g/mol. The first-order valence-corrected chi connectivity index (χ1v) is 5.02. The fourth-order valence-electron chi connectivity index (χ4n) is 1.59. The monoisotopic (exact) mass is 246 g/mol.